The number of hydrogen-bond donors (Lipinski definition) is 1. The highest BCUT2D eigenvalue weighted by Gasteiger charge is 2.20. The van der Waals surface area contributed by atoms with E-state index in [2.05, 4.69) is 5.32 Å². The number of hydrogen-bond acceptors (Lipinski definition) is 4. The van der Waals surface area contributed by atoms with E-state index in [9.17, 15) is 18.9 Å². The Morgan fingerprint density at radius 1 is 1.35 bits per heavy atom. The van der Waals surface area contributed by atoms with Crippen molar-refractivity contribution in [3.63, 3.8) is 0 Å². The van der Waals surface area contributed by atoms with Gasteiger partial charge in [-0.05, 0) is 31.2 Å². The standard InChI is InChI=1S/C13H12F2N2O3/c1-16-11(12-4-5-13(20-12)17(18)19)6-8-2-3-9(14)7-10(8)15/h2-5,7,11,16H,6H2,1H3. The number of likely N-dealkylation sites (N-methyl/N-ethyl adjacent to an activating group) is 1. The first kappa shape index (κ1) is 14.1. The largest absolute Gasteiger partial charge is 0.433 e. The van der Waals surface area contributed by atoms with Crippen LogP contribution in [0.5, 0.6) is 0 Å². The Morgan fingerprint density at radius 2 is 2.10 bits per heavy atom. The minimum atomic E-state index is -0.661. The van der Waals surface area contributed by atoms with E-state index >= 15 is 0 Å². The molecule has 0 saturated heterocycles. The van der Waals surface area contributed by atoms with Crippen molar-refractivity contribution in [2.75, 3.05) is 7.05 Å². The van der Waals surface area contributed by atoms with Crippen LogP contribution in [0.4, 0.5) is 14.7 Å². The summed E-state index contributed by atoms with van der Waals surface area (Å²) in [5, 5.41) is 13.4. The summed E-state index contributed by atoms with van der Waals surface area (Å²) >= 11 is 0. The van der Waals surface area contributed by atoms with Crippen LogP contribution >= 0.6 is 0 Å². The van der Waals surface area contributed by atoms with Crippen molar-refractivity contribution < 1.29 is 18.1 Å². The summed E-state index contributed by atoms with van der Waals surface area (Å²) in [6, 6.07) is 5.56. The lowest BCUT2D eigenvalue weighted by atomic mass is 10.0. The molecule has 0 aliphatic carbocycles. The van der Waals surface area contributed by atoms with Crippen LogP contribution in [0.2, 0.25) is 0 Å². The molecule has 106 valence electrons. The molecule has 0 radical (unpaired) electrons. The Bertz CT molecular complexity index is 628. The van der Waals surface area contributed by atoms with Gasteiger partial charge in [-0.2, -0.15) is 0 Å². The molecule has 20 heavy (non-hydrogen) atoms. The van der Waals surface area contributed by atoms with Crippen molar-refractivity contribution >= 4 is 5.88 Å². The summed E-state index contributed by atoms with van der Waals surface area (Å²) in [5.41, 5.74) is 0.296. The molecule has 1 atom stereocenters. The predicted molar refractivity (Wildman–Crippen MR) is 67.2 cm³/mol. The van der Waals surface area contributed by atoms with E-state index in [0.29, 0.717) is 11.3 Å². The molecule has 7 heteroatoms. The highest BCUT2D eigenvalue weighted by Crippen LogP contribution is 2.25. The fourth-order valence-corrected chi connectivity index (χ4v) is 1.88. The lowest BCUT2D eigenvalue weighted by Crippen LogP contribution is -2.18. The minimum absolute atomic E-state index is 0.188. The van der Waals surface area contributed by atoms with Gasteiger partial charge in [0.05, 0.1) is 12.1 Å². The highest BCUT2D eigenvalue weighted by atomic mass is 19.1. The summed E-state index contributed by atoms with van der Waals surface area (Å²) in [6.45, 7) is 0. The average molecular weight is 282 g/mol. The van der Waals surface area contributed by atoms with Gasteiger partial charge in [-0.15, -0.1) is 0 Å². The van der Waals surface area contributed by atoms with Gasteiger partial charge in [0.15, 0.2) is 0 Å². The van der Waals surface area contributed by atoms with Crippen LogP contribution in [0.1, 0.15) is 17.4 Å². The molecule has 0 spiro atoms. The topological polar surface area (TPSA) is 68.3 Å². The minimum Gasteiger partial charge on any atom is -0.404 e. The van der Waals surface area contributed by atoms with Crippen molar-refractivity contribution in [3.8, 4) is 0 Å². The van der Waals surface area contributed by atoms with E-state index < -0.39 is 22.6 Å². The summed E-state index contributed by atoms with van der Waals surface area (Å²) in [6.07, 6.45) is 0.188. The molecular formula is C13H12F2N2O3. The second kappa shape index (κ2) is 5.79. The zero-order valence-corrected chi connectivity index (χ0v) is 10.6. The molecule has 5 nitrogen and oxygen atoms in total. The zero-order chi connectivity index (χ0) is 14.7. The van der Waals surface area contributed by atoms with Gasteiger partial charge in [-0.1, -0.05) is 6.07 Å². The number of nitrogens with zero attached hydrogens (tertiary/aromatic N) is 1. The van der Waals surface area contributed by atoms with Crippen LogP contribution in [0, 0.1) is 21.7 Å². The van der Waals surface area contributed by atoms with Gasteiger partial charge in [0.1, 0.15) is 22.3 Å². The SMILES string of the molecule is CNC(Cc1ccc(F)cc1F)c1ccc([N+](=O)[O-])o1. The number of benzene rings is 1. The molecule has 2 aromatic rings. The second-order valence-electron chi connectivity index (χ2n) is 4.21. The summed E-state index contributed by atoms with van der Waals surface area (Å²) in [5.74, 6) is -1.37. The van der Waals surface area contributed by atoms with Gasteiger partial charge >= 0.3 is 5.88 Å². The predicted octanol–water partition coefficient (Wildman–Crippen LogP) is 2.97. The van der Waals surface area contributed by atoms with E-state index in [0.717, 1.165) is 12.1 Å². The van der Waals surface area contributed by atoms with Crippen molar-refractivity contribution in [2.45, 2.75) is 12.5 Å². The van der Waals surface area contributed by atoms with Crippen molar-refractivity contribution in [1.29, 1.82) is 0 Å². The number of rotatable bonds is 5. The zero-order valence-electron chi connectivity index (χ0n) is 10.6. The lowest BCUT2D eigenvalue weighted by Gasteiger charge is -2.13. The summed E-state index contributed by atoms with van der Waals surface area (Å²) in [7, 11) is 1.63. The molecule has 0 aliphatic rings. The first-order valence-corrected chi connectivity index (χ1v) is 5.86. The van der Waals surface area contributed by atoms with Crippen LogP contribution in [0.3, 0.4) is 0 Å². The van der Waals surface area contributed by atoms with E-state index in [1.807, 2.05) is 0 Å². The third-order valence-electron chi connectivity index (χ3n) is 2.92. The first-order chi connectivity index (χ1) is 9.51. The maximum absolute atomic E-state index is 13.6. The van der Waals surface area contributed by atoms with Crippen molar-refractivity contribution in [1.82, 2.24) is 5.32 Å². The third kappa shape index (κ3) is 3.00. The average Bonchev–Trinajstić information content (AvgIpc) is 2.87. The van der Waals surface area contributed by atoms with E-state index in [-0.39, 0.29) is 12.3 Å². The fourth-order valence-electron chi connectivity index (χ4n) is 1.88. The Labute approximate surface area is 113 Å². The molecule has 0 bridgehead atoms. The van der Waals surface area contributed by atoms with E-state index in [1.165, 1.54) is 18.2 Å². The Morgan fingerprint density at radius 3 is 2.65 bits per heavy atom. The number of furan rings is 1. The molecule has 0 aliphatic heterocycles. The van der Waals surface area contributed by atoms with E-state index in [1.54, 1.807) is 7.05 Å². The second-order valence-corrected chi connectivity index (χ2v) is 4.21. The monoisotopic (exact) mass is 282 g/mol. The molecule has 0 fully saturated rings. The van der Waals surface area contributed by atoms with E-state index in [4.69, 9.17) is 4.42 Å². The molecular weight excluding hydrogens is 270 g/mol. The molecule has 2 rings (SSSR count). The Hall–Kier alpha value is -2.28. The lowest BCUT2D eigenvalue weighted by molar-refractivity contribution is -0.402. The third-order valence-corrected chi connectivity index (χ3v) is 2.92. The molecule has 1 aromatic heterocycles. The van der Waals surface area contributed by atoms with Gasteiger partial charge in [0.2, 0.25) is 0 Å². The Kier molecular flexibility index (Phi) is 4.09. The summed E-state index contributed by atoms with van der Waals surface area (Å²) in [4.78, 5) is 9.92. The molecule has 1 unspecified atom stereocenters. The molecule has 1 aromatic carbocycles. The highest BCUT2D eigenvalue weighted by molar-refractivity contribution is 5.24. The van der Waals surface area contributed by atoms with Gasteiger partial charge in [-0.3, -0.25) is 10.1 Å². The normalized spacial score (nSPS) is 12.3. The van der Waals surface area contributed by atoms with Crippen LogP contribution in [-0.2, 0) is 6.42 Å². The van der Waals surface area contributed by atoms with Crippen molar-refractivity contribution in [3.05, 3.63) is 63.4 Å². The van der Waals surface area contributed by atoms with Crippen LogP contribution < -0.4 is 5.32 Å². The smallest absolute Gasteiger partial charge is 0.404 e. The van der Waals surface area contributed by atoms with Gasteiger partial charge in [-0.25, -0.2) is 8.78 Å². The molecule has 1 heterocycles. The molecule has 0 amide bonds. The molecule has 1 N–H and O–H groups in total. The Balaban J connectivity index is 2.21. The summed E-state index contributed by atoms with van der Waals surface area (Å²) < 4.78 is 31.5. The fraction of sp³-hybridized carbons (Fsp3) is 0.231. The van der Waals surface area contributed by atoms with Gasteiger partial charge < -0.3 is 9.73 Å². The maximum atomic E-state index is 13.6. The van der Waals surface area contributed by atoms with Gasteiger partial charge in [0, 0.05) is 6.07 Å². The van der Waals surface area contributed by atoms with Gasteiger partial charge in [0.25, 0.3) is 0 Å². The number of nitro groups is 1. The van der Waals surface area contributed by atoms with Crippen LogP contribution in [-0.4, -0.2) is 12.0 Å². The quantitative estimate of drug-likeness (QED) is 0.676. The van der Waals surface area contributed by atoms with Crippen LogP contribution in [0.15, 0.2) is 34.7 Å². The van der Waals surface area contributed by atoms with Crippen LogP contribution in [0.25, 0.3) is 0 Å². The number of halogens is 2. The first-order valence-electron chi connectivity index (χ1n) is 5.86. The maximum Gasteiger partial charge on any atom is 0.433 e. The number of nitrogens with one attached hydrogen (secondary N) is 1. The molecule has 0 saturated carbocycles. The van der Waals surface area contributed by atoms with Crippen molar-refractivity contribution in [2.24, 2.45) is 0 Å².